The lowest BCUT2D eigenvalue weighted by Gasteiger charge is -2.39. The Hall–Kier alpha value is -2.86. The smallest absolute Gasteiger partial charge is 0.417 e. The molecule has 2 aromatic carbocycles. The van der Waals surface area contributed by atoms with Crippen molar-refractivity contribution in [3.63, 3.8) is 0 Å². The number of aryl methyl sites for hydroxylation is 3. The number of hydrogen-bond donors (Lipinski definition) is 1. The Balaban J connectivity index is 1.76. The molecule has 2 aromatic rings. The molecule has 0 aromatic heterocycles. The van der Waals surface area contributed by atoms with Gasteiger partial charge in [-0.2, -0.15) is 0 Å². The van der Waals surface area contributed by atoms with Crippen molar-refractivity contribution in [1.29, 1.82) is 0 Å². The predicted molar refractivity (Wildman–Crippen MR) is 164 cm³/mol. The molecule has 2 amide bonds. The Morgan fingerprint density at radius 3 is 2.05 bits per heavy atom. The number of hydrogen-bond acceptors (Lipinski definition) is 5. The second kappa shape index (κ2) is 12.6. The third kappa shape index (κ3) is 7.51. The lowest BCUT2D eigenvalue weighted by Crippen LogP contribution is -2.59. The van der Waals surface area contributed by atoms with Gasteiger partial charge in [-0.15, -0.1) is 0 Å². The maximum Gasteiger partial charge on any atom is 0.417 e. The Labute approximate surface area is 247 Å². The quantitative estimate of drug-likeness (QED) is 0.299. The molecular weight excluding hydrogens is 514 g/mol. The van der Waals surface area contributed by atoms with E-state index in [1.165, 1.54) is 27.2 Å². The molecule has 1 saturated heterocycles. The SMILES string of the molecule is CCC(CC)(c1ccc(CC[C@H](O)C(C)(C)C)c(C)c1)c1ccc(OCC2CC(=O)N2C(=O)OC(C)(C)C)c(C)c1. The van der Waals surface area contributed by atoms with E-state index in [4.69, 9.17) is 9.47 Å². The first-order chi connectivity index (χ1) is 19.0. The molecule has 226 valence electrons. The molecule has 1 heterocycles. The standard InChI is InChI=1S/C35H51NO5/c1-11-35(12-2,26-15-13-25(23(3)19-26)14-18-30(37)33(5,6)7)27-16-17-29(24(4)20-27)40-22-28-21-31(38)36(28)32(39)41-34(8,9)10/h13,15-17,19-20,28,30,37H,11-12,14,18,21-22H2,1-10H3/t28?,30-/m0/s1. The van der Waals surface area contributed by atoms with Crippen LogP contribution in [0, 0.1) is 19.3 Å². The van der Waals surface area contributed by atoms with E-state index in [9.17, 15) is 14.7 Å². The summed E-state index contributed by atoms with van der Waals surface area (Å²) in [6.07, 6.45) is 2.85. The summed E-state index contributed by atoms with van der Waals surface area (Å²) in [4.78, 5) is 25.7. The molecule has 1 unspecified atom stereocenters. The lowest BCUT2D eigenvalue weighted by molar-refractivity contribution is -0.145. The number of ether oxygens (including phenoxy) is 2. The van der Waals surface area contributed by atoms with Gasteiger partial charge in [-0.25, -0.2) is 9.69 Å². The third-order valence-corrected chi connectivity index (χ3v) is 8.58. The van der Waals surface area contributed by atoms with Gasteiger partial charge in [-0.1, -0.05) is 65.0 Å². The number of imide groups is 1. The molecule has 3 rings (SSSR count). The highest BCUT2D eigenvalue weighted by Crippen LogP contribution is 2.41. The second-order valence-corrected chi connectivity index (χ2v) is 13.7. The van der Waals surface area contributed by atoms with Crippen LogP contribution in [0.25, 0.3) is 0 Å². The van der Waals surface area contributed by atoms with Gasteiger partial charge >= 0.3 is 6.09 Å². The predicted octanol–water partition coefficient (Wildman–Crippen LogP) is 7.66. The second-order valence-electron chi connectivity index (χ2n) is 13.7. The van der Waals surface area contributed by atoms with Gasteiger partial charge in [0.25, 0.3) is 0 Å². The number of carbonyl (C=O) groups is 2. The van der Waals surface area contributed by atoms with Crippen molar-refractivity contribution in [2.75, 3.05) is 6.61 Å². The summed E-state index contributed by atoms with van der Waals surface area (Å²) in [5.74, 6) is 0.518. The number of nitrogens with zero attached hydrogens (tertiary/aromatic N) is 1. The van der Waals surface area contributed by atoms with E-state index in [1.54, 1.807) is 20.8 Å². The molecule has 2 atom stereocenters. The largest absolute Gasteiger partial charge is 0.491 e. The highest BCUT2D eigenvalue weighted by molar-refractivity contribution is 5.97. The minimum Gasteiger partial charge on any atom is -0.491 e. The van der Waals surface area contributed by atoms with Gasteiger partial charge in [0, 0.05) is 5.41 Å². The number of carbonyl (C=O) groups excluding carboxylic acids is 2. The molecule has 6 nitrogen and oxygen atoms in total. The Kier molecular flexibility index (Phi) is 10.0. The number of amides is 2. The average molecular weight is 566 g/mol. The Morgan fingerprint density at radius 2 is 1.56 bits per heavy atom. The van der Waals surface area contributed by atoms with Gasteiger partial charge < -0.3 is 14.6 Å². The van der Waals surface area contributed by atoms with E-state index >= 15 is 0 Å². The molecule has 0 radical (unpaired) electrons. The van der Waals surface area contributed by atoms with Crippen LogP contribution < -0.4 is 4.74 Å². The van der Waals surface area contributed by atoms with Crippen LogP contribution in [0.5, 0.6) is 5.75 Å². The first kappa shape index (κ1) is 32.7. The lowest BCUT2D eigenvalue weighted by atomic mass is 9.69. The molecule has 0 saturated carbocycles. The van der Waals surface area contributed by atoms with E-state index in [0.29, 0.717) is 0 Å². The summed E-state index contributed by atoms with van der Waals surface area (Å²) < 4.78 is 11.5. The van der Waals surface area contributed by atoms with Crippen LogP contribution in [0.1, 0.15) is 109 Å². The van der Waals surface area contributed by atoms with Crippen molar-refractivity contribution in [2.24, 2.45) is 5.41 Å². The number of rotatable bonds is 10. The van der Waals surface area contributed by atoms with Crippen molar-refractivity contribution in [2.45, 2.75) is 125 Å². The highest BCUT2D eigenvalue weighted by Gasteiger charge is 2.43. The van der Waals surface area contributed by atoms with Crippen molar-refractivity contribution >= 4 is 12.0 Å². The van der Waals surface area contributed by atoms with Crippen LogP contribution >= 0.6 is 0 Å². The van der Waals surface area contributed by atoms with E-state index in [-0.39, 0.29) is 41.9 Å². The van der Waals surface area contributed by atoms with Gasteiger partial charge in [0.2, 0.25) is 5.91 Å². The van der Waals surface area contributed by atoms with Gasteiger partial charge in [0.15, 0.2) is 0 Å². The van der Waals surface area contributed by atoms with Gasteiger partial charge in [-0.3, -0.25) is 4.79 Å². The number of β-lactam (4-membered cyclic amide) rings is 1. The normalized spacial score (nSPS) is 16.8. The molecule has 0 bridgehead atoms. The van der Waals surface area contributed by atoms with Crippen LogP contribution in [-0.4, -0.2) is 46.4 Å². The van der Waals surface area contributed by atoms with Crippen molar-refractivity contribution in [3.05, 3.63) is 64.2 Å². The summed E-state index contributed by atoms with van der Waals surface area (Å²) >= 11 is 0. The van der Waals surface area contributed by atoms with Crippen LogP contribution in [-0.2, 0) is 21.4 Å². The fourth-order valence-corrected chi connectivity index (χ4v) is 5.71. The van der Waals surface area contributed by atoms with E-state index < -0.39 is 11.7 Å². The molecular formula is C35H51NO5. The minimum atomic E-state index is -0.663. The van der Waals surface area contributed by atoms with Crippen LogP contribution in [0.3, 0.4) is 0 Å². The van der Waals surface area contributed by atoms with Crippen LogP contribution in [0.4, 0.5) is 4.79 Å². The van der Waals surface area contributed by atoms with Gasteiger partial charge in [0.05, 0.1) is 18.6 Å². The first-order valence-corrected chi connectivity index (χ1v) is 15.1. The van der Waals surface area contributed by atoms with E-state index in [1.807, 2.05) is 13.0 Å². The van der Waals surface area contributed by atoms with Crippen molar-refractivity contribution < 1.29 is 24.2 Å². The zero-order valence-corrected chi connectivity index (χ0v) is 26.9. The third-order valence-electron chi connectivity index (χ3n) is 8.58. The number of benzene rings is 2. The van der Waals surface area contributed by atoms with Gasteiger partial charge in [0.1, 0.15) is 18.0 Å². The van der Waals surface area contributed by atoms with E-state index in [0.717, 1.165) is 37.0 Å². The number of aliphatic hydroxyl groups excluding tert-OH is 1. The highest BCUT2D eigenvalue weighted by atomic mass is 16.6. The van der Waals surface area contributed by atoms with Crippen LogP contribution in [0.2, 0.25) is 0 Å². The maximum absolute atomic E-state index is 12.5. The zero-order valence-electron chi connectivity index (χ0n) is 26.9. The van der Waals surface area contributed by atoms with E-state index in [2.05, 4.69) is 71.9 Å². The Morgan fingerprint density at radius 1 is 0.976 bits per heavy atom. The average Bonchev–Trinajstić information content (AvgIpc) is 2.85. The fraction of sp³-hybridized carbons (Fsp3) is 0.600. The molecule has 41 heavy (non-hydrogen) atoms. The fourth-order valence-electron chi connectivity index (χ4n) is 5.71. The summed E-state index contributed by atoms with van der Waals surface area (Å²) in [6.45, 7) is 20.5. The van der Waals surface area contributed by atoms with Crippen LogP contribution in [0.15, 0.2) is 36.4 Å². The molecule has 0 spiro atoms. The summed E-state index contributed by atoms with van der Waals surface area (Å²) in [6, 6.07) is 12.9. The Bertz CT molecular complexity index is 1230. The summed E-state index contributed by atoms with van der Waals surface area (Å²) in [5.41, 5.74) is 5.20. The molecule has 1 fully saturated rings. The first-order valence-electron chi connectivity index (χ1n) is 15.1. The summed E-state index contributed by atoms with van der Waals surface area (Å²) in [7, 11) is 0. The molecule has 1 aliphatic heterocycles. The van der Waals surface area contributed by atoms with Crippen molar-refractivity contribution in [3.8, 4) is 5.75 Å². The summed E-state index contributed by atoms with van der Waals surface area (Å²) in [5, 5.41) is 10.5. The zero-order chi connectivity index (χ0) is 30.8. The molecule has 6 heteroatoms. The number of likely N-dealkylation sites (tertiary alicyclic amines) is 1. The minimum absolute atomic E-state index is 0.117. The molecule has 0 aliphatic carbocycles. The van der Waals surface area contributed by atoms with Gasteiger partial charge in [-0.05, 0) is 99.6 Å². The topological polar surface area (TPSA) is 76.1 Å². The van der Waals surface area contributed by atoms with Crippen molar-refractivity contribution in [1.82, 2.24) is 4.90 Å². The number of aliphatic hydroxyl groups is 1. The maximum atomic E-state index is 12.5. The molecule has 1 N–H and O–H groups in total. The molecule has 1 aliphatic rings. The monoisotopic (exact) mass is 565 g/mol.